The van der Waals surface area contributed by atoms with Crippen LogP contribution in [0.25, 0.3) is 5.69 Å². The van der Waals surface area contributed by atoms with E-state index in [1.165, 1.54) is 24.8 Å². The molecular formula is C20H27N3O. The van der Waals surface area contributed by atoms with Gasteiger partial charge >= 0.3 is 0 Å². The van der Waals surface area contributed by atoms with Crippen LogP contribution in [-0.4, -0.2) is 21.7 Å². The molecule has 0 atom stereocenters. The number of carbonyl (C=O) groups is 1. The summed E-state index contributed by atoms with van der Waals surface area (Å²) in [6.45, 7) is 4.06. The molecule has 4 nitrogen and oxygen atoms in total. The van der Waals surface area contributed by atoms with E-state index in [1.807, 2.05) is 11.6 Å². The molecule has 0 bridgehead atoms. The third-order valence-electron chi connectivity index (χ3n) is 4.80. The monoisotopic (exact) mass is 325 g/mol. The van der Waals surface area contributed by atoms with E-state index < -0.39 is 0 Å². The van der Waals surface area contributed by atoms with Crippen LogP contribution in [0.1, 0.15) is 55.5 Å². The van der Waals surface area contributed by atoms with Crippen molar-refractivity contribution in [2.75, 3.05) is 0 Å². The maximum Gasteiger partial charge on any atom is 0.220 e. The van der Waals surface area contributed by atoms with Crippen molar-refractivity contribution in [3.63, 3.8) is 0 Å². The summed E-state index contributed by atoms with van der Waals surface area (Å²) in [5, 5.41) is 7.69. The molecule has 4 heteroatoms. The van der Waals surface area contributed by atoms with Gasteiger partial charge in [0.05, 0.1) is 11.4 Å². The predicted molar refractivity (Wildman–Crippen MR) is 96.4 cm³/mol. The van der Waals surface area contributed by atoms with E-state index in [0.717, 1.165) is 36.3 Å². The number of amides is 1. The summed E-state index contributed by atoms with van der Waals surface area (Å²) in [7, 11) is 0. The fraction of sp³-hybridized carbons (Fsp3) is 0.500. The Morgan fingerprint density at radius 3 is 2.50 bits per heavy atom. The SMILES string of the molecule is Cc1cc(C)n(-c2ccc(CCC(=O)NC3CCCCC3)cc2)n1. The van der Waals surface area contributed by atoms with Crippen LogP contribution in [0.5, 0.6) is 0 Å². The summed E-state index contributed by atoms with van der Waals surface area (Å²) in [5.41, 5.74) is 4.41. The predicted octanol–water partition coefficient (Wildman–Crippen LogP) is 3.87. The summed E-state index contributed by atoms with van der Waals surface area (Å²) in [6, 6.07) is 10.8. The van der Waals surface area contributed by atoms with Gasteiger partial charge in [-0.3, -0.25) is 4.79 Å². The Morgan fingerprint density at radius 1 is 1.17 bits per heavy atom. The van der Waals surface area contributed by atoms with Crippen LogP contribution < -0.4 is 5.32 Å². The average molecular weight is 325 g/mol. The van der Waals surface area contributed by atoms with E-state index in [1.54, 1.807) is 0 Å². The number of hydrogen-bond acceptors (Lipinski definition) is 2. The Balaban J connectivity index is 1.52. The molecule has 1 aromatic heterocycles. The second kappa shape index (κ2) is 7.65. The van der Waals surface area contributed by atoms with E-state index in [4.69, 9.17) is 0 Å². The molecule has 2 aromatic rings. The summed E-state index contributed by atoms with van der Waals surface area (Å²) >= 11 is 0. The van der Waals surface area contributed by atoms with Gasteiger partial charge in [-0.1, -0.05) is 31.4 Å². The quantitative estimate of drug-likeness (QED) is 0.907. The van der Waals surface area contributed by atoms with Crippen LogP contribution in [0.4, 0.5) is 0 Å². The molecule has 1 fully saturated rings. The lowest BCUT2D eigenvalue weighted by molar-refractivity contribution is -0.121. The Kier molecular flexibility index (Phi) is 5.34. The minimum absolute atomic E-state index is 0.185. The van der Waals surface area contributed by atoms with Gasteiger partial charge in [0.1, 0.15) is 0 Å². The van der Waals surface area contributed by atoms with Gasteiger partial charge in [0.15, 0.2) is 0 Å². The molecular weight excluding hydrogens is 298 g/mol. The summed E-state index contributed by atoms with van der Waals surface area (Å²) in [5.74, 6) is 0.185. The molecule has 1 heterocycles. The molecule has 1 aliphatic rings. The first kappa shape index (κ1) is 16.7. The first-order chi connectivity index (χ1) is 11.6. The third-order valence-corrected chi connectivity index (χ3v) is 4.80. The molecule has 1 amide bonds. The number of carbonyl (C=O) groups excluding carboxylic acids is 1. The minimum Gasteiger partial charge on any atom is -0.353 e. The van der Waals surface area contributed by atoms with Gasteiger partial charge in [-0.25, -0.2) is 4.68 Å². The van der Waals surface area contributed by atoms with E-state index in [9.17, 15) is 4.79 Å². The number of rotatable bonds is 5. The molecule has 0 saturated heterocycles. The second-order valence-corrected chi connectivity index (χ2v) is 6.91. The Bertz CT molecular complexity index is 681. The zero-order valence-electron chi connectivity index (χ0n) is 14.7. The Morgan fingerprint density at radius 2 is 1.88 bits per heavy atom. The Labute approximate surface area is 144 Å². The number of aromatic nitrogens is 2. The highest BCUT2D eigenvalue weighted by Gasteiger charge is 2.15. The van der Waals surface area contributed by atoms with Crippen molar-refractivity contribution in [1.82, 2.24) is 15.1 Å². The van der Waals surface area contributed by atoms with Crippen molar-refractivity contribution in [2.45, 2.75) is 64.8 Å². The second-order valence-electron chi connectivity index (χ2n) is 6.91. The molecule has 24 heavy (non-hydrogen) atoms. The highest BCUT2D eigenvalue weighted by Crippen LogP contribution is 2.18. The first-order valence-corrected chi connectivity index (χ1v) is 9.04. The Hall–Kier alpha value is -2.10. The smallest absolute Gasteiger partial charge is 0.220 e. The number of hydrogen-bond donors (Lipinski definition) is 1. The lowest BCUT2D eigenvalue weighted by atomic mass is 9.95. The van der Waals surface area contributed by atoms with Crippen molar-refractivity contribution in [2.24, 2.45) is 0 Å². The van der Waals surface area contributed by atoms with Crippen molar-refractivity contribution >= 4 is 5.91 Å². The number of aryl methyl sites for hydroxylation is 3. The number of nitrogens with one attached hydrogen (secondary N) is 1. The minimum atomic E-state index is 0.185. The lowest BCUT2D eigenvalue weighted by Crippen LogP contribution is -2.36. The number of nitrogens with zero attached hydrogens (tertiary/aromatic N) is 2. The third kappa shape index (κ3) is 4.25. The zero-order valence-corrected chi connectivity index (χ0v) is 14.7. The van der Waals surface area contributed by atoms with Gasteiger partial charge in [0, 0.05) is 18.2 Å². The molecule has 1 N–H and O–H groups in total. The highest BCUT2D eigenvalue weighted by atomic mass is 16.1. The molecule has 0 unspecified atom stereocenters. The largest absolute Gasteiger partial charge is 0.353 e. The van der Waals surface area contributed by atoms with Crippen molar-refractivity contribution in [3.8, 4) is 5.69 Å². The van der Waals surface area contributed by atoms with Crippen LogP contribution in [-0.2, 0) is 11.2 Å². The van der Waals surface area contributed by atoms with E-state index in [-0.39, 0.29) is 5.91 Å². The standard InChI is InChI=1S/C20H27N3O/c1-15-14-16(2)23(22-15)19-11-8-17(9-12-19)10-13-20(24)21-18-6-4-3-5-7-18/h8-9,11-12,14,18H,3-7,10,13H2,1-2H3,(H,21,24). The van der Waals surface area contributed by atoms with Crippen LogP contribution in [0.2, 0.25) is 0 Å². The van der Waals surface area contributed by atoms with Gasteiger partial charge in [-0.15, -0.1) is 0 Å². The van der Waals surface area contributed by atoms with Crippen molar-refractivity contribution in [3.05, 3.63) is 47.3 Å². The van der Waals surface area contributed by atoms with Crippen molar-refractivity contribution < 1.29 is 4.79 Å². The van der Waals surface area contributed by atoms with Crippen LogP contribution in [0, 0.1) is 13.8 Å². The molecule has 0 aliphatic heterocycles. The van der Waals surface area contributed by atoms with Crippen LogP contribution >= 0.6 is 0 Å². The zero-order chi connectivity index (χ0) is 16.9. The average Bonchev–Trinajstić information content (AvgIpc) is 2.93. The first-order valence-electron chi connectivity index (χ1n) is 9.04. The molecule has 3 rings (SSSR count). The lowest BCUT2D eigenvalue weighted by Gasteiger charge is -2.22. The van der Waals surface area contributed by atoms with E-state index in [2.05, 4.69) is 47.7 Å². The molecule has 128 valence electrons. The fourth-order valence-corrected chi connectivity index (χ4v) is 3.50. The normalized spacial score (nSPS) is 15.4. The molecule has 0 spiro atoms. The molecule has 0 radical (unpaired) electrons. The van der Waals surface area contributed by atoms with Crippen LogP contribution in [0.3, 0.4) is 0 Å². The van der Waals surface area contributed by atoms with Gasteiger partial charge in [-0.2, -0.15) is 5.10 Å². The van der Waals surface area contributed by atoms with E-state index >= 15 is 0 Å². The van der Waals surface area contributed by atoms with E-state index in [0.29, 0.717) is 12.5 Å². The summed E-state index contributed by atoms with van der Waals surface area (Å²) in [6.07, 6.45) is 7.45. The maximum atomic E-state index is 12.1. The summed E-state index contributed by atoms with van der Waals surface area (Å²) < 4.78 is 1.95. The maximum absolute atomic E-state index is 12.1. The van der Waals surface area contributed by atoms with Crippen molar-refractivity contribution in [1.29, 1.82) is 0 Å². The molecule has 1 saturated carbocycles. The van der Waals surface area contributed by atoms with Crippen LogP contribution in [0.15, 0.2) is 30.3 Å². The fourth-order valence-electron chi connectivity index (χ4n) is 3.50. The highest BCUT2D eigenvalue weighted by molar-refractivity contribution is 5.76. The van der Waals surface area contributed by atoms with Gasteiger partial charge in [0.2, 0.25) is 5.91 Å². The summed E-state index contributed by atoms with van der Waals surface area (Å²) in [4.78, 5) is 12.1. The molecule has 1 aromatic carbocycles. The topological polar surface area (TPSA) is 46.9 Å². The molecule has 1 aliphatic carbocycles. The van der Waals surface area contributed by atoms with Gasteiger partial charge < -0.3 is 5.32 Å². The van der Waals surface area contributed by atoms with Gasteiger partial charge in [0.25, 0.3) is 0 Å². The van der Waals surface area contributed by atoms with Gasteiger partial charge in [-0.05, 0) is 56.9 Å². The number of benzene rings is 1.